The van der Waals surface area contributed by atoms with Crippen molar-refractivity contribution in [1.29, 1.82) is 0 Å². The lowest BCUT2D eigenvalue weighted by Gasteiger charge is -2.19. The van der Waals surface area contributed by atoms with E-state index in [0.29, 0.717) is 40.8 Å². The van der Waals surface area contributed by atoms with E-state index in [9.17, 15) is 14.8 Å². The normalized spacial score (nSPS) is 13.4. The lowest BCUT2D eigenvalue weighted by atomic mass is 10.1. The number of nitrogen functional groups attached to an aromatic ring is 2. The molecular formula is C30H32Cl2N10O5. The number of halogens is 2. The number of aromatic nitrogens is 6. The predicted octanol–water partition coefficient (Wildman–Crippen LogP) is 3.11. The fraction of sp³-hybridized carbons (Fsp3) is 0.333. The third-order valence-electron chi connectivity index (χ3n) is 7.90. The molecule has 0 saturated heterocycles. The summed E-state index contributed by atoms with van der Waals surface area (Å²) in [5.74, 6) is 1.92. The molecule has 17 heteroatoms. The standard InChI is InChI=1S/C15H16ClN5O3.C15H16ClN5O2/c1-7-4-21(23)9(8(2)12(7)24-3)5-20-6-10(22)11-13(16)18-15(17)19-14(11)20;1-7-4-18-9(8(2)12(7)23-3)5-21-6-10(22)11-13(16)19-15(17)20-14(11)21/h4H,5-6H2,1-3H3,(H2,17,18,19);4H,5-6H2,1-3H3,(H2,17,19,20). The minimum Gasteiger partial charge on any atom is -0.618 e. The molecule has 6 heterocycles. The molecule has 47 heavy (non-hydrogen) atoms. The van der Waals surface area contributed by atoms with Gasteiger partial charge in [0.05, 0.1) is 61.8 Å². The Labute approximate surface area is 280 Å². The first-order valence-electron chi connectivity index (χ1n) is 14.2. The molecule has 246 valence electrons. The number of hydrogen-bond donors (Lipinski definition) is 2. The van der Waals surface area contributed by atoms with Crippen molar-refractivity contribution >= 4 is 58.3 Å². The number of anilines is 4. The third kappa shape index (κ3) is 6.23. The SMILES string of the molecule is COc1c(C)c[n+]([O-])c(CN2CC(=O)c3c(Cl)nc(N)nc32)c1C.COc1c(C)cnc(CN2CC(=O)c3c(Cl)nc(N)nc32)c1C. The van der Waals surface area contributed by atoms with Crippen LogP contribution >= 0.6 is 23.2 Å². The zero-order valence-corrected chi connectivity index (χ0v) is 28.0. The molecule has 0 fully saturated rings. The second-order valence-corrected chi connectivity index (χ2v) is 11.7. The number of carbonyl (C=O) groups excluding carboxylic acids is 2. The van der Waals surface area contributed by atoms with Crippen LogP contribution in [-0.2, 0) is 13.1 Å². The van der Waals surface area contributed by atoms with E-state index in [1.165, 1.54) is 6.20 Å². The number of fused-ring (bicyclic) bond motifs is 2. The number of rotatable bonds is 6. The van der Waals surface area contributed by atoms with Crippen LogP contribution in [0.3, 0.4) is 0 Å². The lowest BCUT2D eigenvalue weighted by molar-refractivity contribution is -0.614. The molecule has 2 aliphatic rings. The van der Waals surface area contributed by atoms with Gasteiger partial charge in [0.1, 0.15) is 40.0 Å². The maximum absolute atomic E-state index is 12.3. The van der Waals surface area contributed by atoms with E-state index in [2.05, 4.69) is 24.9 Å². The van der Waals surface area contributed by atoms with Crippen LogP contribution in [0.25, 0.3) is 0 Å². The second kappa shape index (κ2) is 13.0. The van der Waals surface area contributed by atoms with E-state index in [1.54, 1.807) is 44.1 Å². The Bertz CT molecular complexity index is 1940. The van der Waals surface area contributed by atoms with Crippen molar-refractivity contribution < 1.29 is 23.8 Å². The topological polar surface area (TPSA) is 203 Å². The Balaban J connectivity index is 0.000000185. The molecule has 4 aromatic rings. The average Bonchev–Trinajstić information content (AvgIpc) is 3.48. The van der Waals surface area contributed by atoms with Gasteiger partial charge in [-0.25, -0.2) is 9.97 Å². The summed E-state index contributed by atoms with van der Waals surface area (Å²) in [6.45, 7) is 8.29. The van der Waals surface area contributed by atoms with Crippen molar-refractivity contribution in [1.82, 2.24) is 24.9 Å². The highest BCUT2D eigenvalue weighted by Gasteiger charge is 2.35. The van der Waals surface area contributed by atoms with Crippen molar-refractivity contribution in [2.45, 2.75) is 40.8 Å². The summed E-state index contributed by atoms with van der Waals surface area (Å²) >= 11 is 12.0. The number of aryl methyl sites for hydroxylation is 2. The van der Waals surface area contributed by atoms with Crippen LogP contribution in [0.15, 0.2) is 12.4 Å². The summed E-state index contributed by atoms with van der Waals surface area (Å²) < 4.78 is 11.6. The molecule has 4 N–H and O–H groups in total. The number of ketones is 2. The van der Waals surface area contributed by atoms with Crippen molar-refractivity contribution in [2.24, 2.45) is 0 Å². The second-order valence-electron chi connectivity index (χ2n) is 11.0. The van der Waals surface area contributed by atoms with E-state index in [1.807, 2.05) is 13.8 Å². The summed E-state index contributed by atoms with van der Waals surface area (Å²) in [6, 6.07) is 0. The first kappa shape index (κ1) is 33.3. The number of methoxy groups -OCH3 is 2. The van der Waals surface area contributed by atoms with E-state index in [-0.39, 0.29) is 59.0 Å². The van der Waals surface area contributed by atoms with Crippen LogP contribution in [0, 0.1) is 32.9 Å². The molecule has 0 bridgehead atoms. The maximum Gasteiger partial charge on any atom is 0.223 e. The van der Waals surface area contributed by atoms with E-state index in [0.717, 1.165) is 32.9 Å². The number of carbonyl (C=O) groups is 2. The zero-order chi connectivity index (χ0) is 34.3. The third-order valence-corrected chi connectivity index (χ3v) is 8.44. The van der Waals surface area contributed by atoms with Crippen LogP contribution in [0.4, 0.5) is 23.5 Å². The number of nitrogens with zero attached hydrogens (tertiary/aromatic N) is 8. The Morgan fingerprint density at radius 1 is 0.809 bits per heavy atom. The number of pyridine rings is 2. The van der Waals surface area contributed by atoms with Gasteiger partial charge in [0.2, 0.25) is 17.6 Å². The molecule has 0 atom stereocenters. The first-order valence-corrected chi connectivity index (χ1v) is 15.0. The van der Waals surface area contributed by atoms with Gasteiger partial charge in [0.25, 0.3) is 0 Å². The largest absolute Gasteiger partial charge is 0.618 e. The molecule has 2 aliphatic heterocycles. The molecular weight excluding hydrogens is 651 g/mol. The van der Waals surface area contributed by atoms with Gasteiger partial charge >= 0.3 is 0 Å². The first-order chi connectivity index (χ1) is 22.2. The smallest absolute Gasteiger partial charge is 0.223 e. The lowest BCUT2D eigenvalue weighted by Crippen LogP contribution is -2.38. The molecule has 0 saturated carbocycles. The summed E-state index contributed by atoms with van der Waals surface area (Å²) in [6.07, 6.45) is 3.20. The summed E-state index contributed by atoms with van der Waals surface area (Å²) in [7, 11) is 3.18. The Kier molecular flexibility index (Phi) is 9.22. The van der Waals surface area contributed by atoms with Gasteiger partial charge < -0.3 is 35.9 Å². The molecule has 0 unspecified atom stereocenters. The van der Waals surface area contributed by atoms with E-state index >= 15 is 0 Å². The van der Waals surface area contributed by atoms with Gasteiger partial charge in [-0.2, -0.15) is 14.7 Å². The van der Waals surface area contributed by atoms with Gasteiger partial charge in [-0.1, -0.05) is 23.2 Å². The summed E-state index contributed by atoms with van der Waals surface area (Å²) in [5.41, 5.74) is 16.4. The average molecular weight is 684 g/mol. The van der Waals surface area contributed by atoms with Gasteiger partial charge in [0.15, 0.2) is 17.8 Å². The fourth-order valence-electron chi connectivity index (χ4n) is 5.73. The molecule has 0 spiro atoms. The van der Waals surface area contributed by atoms with Crippen molar-refractivity contribution in [3.05, 3.63) is 72.7 Å². The molecule has 0 radical (unpaired) electrons. The maximum atomic E-state index is 12.3. The van der Waals surface area contributed by atoms with Crippen LogP contribution in [0.1, 0.15) is 54.4 Å². The molecule has 0 aromatic carbocycles. The van der Waals surface area contributed by atoms with E-state index < -0.39 is 0 Å². The summed E-state index contributed by atoms with van der Waals surface area (Å²) in [5, 5.41) is 12.4. The van der Waals surface area contributed by atoms with Gasteiger partial charge in [-0.3, -0.25) is 14.6 Å². The monoisotopic (exact) mass is 682 g/mol. The molecule has 15 nitrogen and oxygen atoms in total. The number of Topliss-reactive ketones (excluding diaryl/α,β-unsaturated/α-hetero) is 2. The Morgan fingerprint density at radius 3 is 1.81 bits per heavy atom. The number of nitrogens with two attached hydrogens (primary N) is 2. The molecule has 0 aliphatic carbocycles. The van der Waals surface area contributed by atoms with Crippen molar-refractivity contribution in [3.63, 3.8) is 0 Å². The van der Waals surface area contributed by atoms with Crippen molar-refractivity contribution in [2.75, 3.05) is 48.6 Å². The highest BCUT2D eigenvalue weighted by atomic mass is 35.5. The van der Waals surface area contributed by atoms with Crippen LogP contribution < -0.4 is 35.5 Å². The van der Waals surface area contributed by atoms with Gasteiger partial charge in [-0.15, -0.1) is 0 Å². The highest BCUT2D eigenvalue weighted by molar-refractivity contribution is 6.35. The van der Waals surface area contributed by atoms with Crippen LogP contribution in [0.2, 0.25) is 10.3 Å². The van der Waals surface area contributed by atoms with Gasteiger partial charge in [0, 0.05) is 17.3 Å². The Hall–Kier alpha value is -5.02. The quantitative estimate of drug-likeness (QED) is 0.170. The molecule has 4 aromatic heterocycles. The van der Waals surface area contributed by atoms with Crippen molar-refractivity contribution in [3.8, 4) is 11.5 Å². The zero-order valence-electron chi connectivity index (χ0n) is 26.5. The number of ether oxygens (including phenoxy) is 2. The number of hydrogen-bond acceptors (Lipinski definition) is 14. The molecule has 0 amide bonds. The van der Waals surface area contributed by atoms with E-state index in [4.69, 9.17) is 44.1 Å². The predicted molar refractivity (Wildman–Crippen MR) is 175 cm³/mol. The highest BCUT2D eigenvalue weighted by Crippen LogP contribution is 2.35. The van der Waals surface area contributed by atoms with Gasteiger partial charge in [-0.05, 0) is 27.7 Å². The minimum absolute atomic E-state index is 0.0216. The minimum atomic E-state index is -0.204. The van der Waals surface area contributed by atoms with Crippen LogP contribution in [-0.4, -0.2) is 63.8 Å². The summed E-state index contributed by atoms with van der Waals surface area (Å²) in [4.78, 5) is 48.2. The molecule has 6 rings (SSSR count). The Morgan fingerprint density at radius 2 is 1.30 bits per heavy atom. The van der Waals surface area contributed by atoms with Crippen LogP contribution in [0.5, 0.6) is 11.5 Å². The fourth-order valence-corrected chi connectivity index (χ4v) is 6.28.